The molecular weight excluding hydrogens is 162 g/mol. The first-order valence-electron chi connectivity index (χ1n) is 5.35. The molecule has 2 N–H and O–H groups in total. The highest BCUT2D eigenvalue weighted by molar-refractivity contribution is 5.81. The molecule has 13 heavy (non-hydrogen) atoms. The molecule has 0 aromatic heterocycles. The Bertz CT molecular complexity index is 204. The van der Waals surface area contributed by atoms with E-state index in [0.29, 0.717) is 5.54 Å². The van der Waals surface area contributed by atoms with E-state index in [-0.39, 0.29) is 0 Å². The van der Waals surface area contributed by atoms with Crippen molar-refractivity contribution in [2.24, 2.45) is 4.99 Å². The SMILES string of the molecule is CC1(NC2=NCCN2)CCCCC1. The molecule has 74 valence electrons. The highest BCUT2D eigenvalue weighted by Gasteiger charge is 2.27. The van der Waals surface area contributed by atoms with Crippen LogP contribution in [0.3, 0.4) is 0 Å². The van der Waals surface area contributed by atoms with Gasteiger partial charge in [-0.1, -0.05) is 19.3 Å². The first-order chi connectivity index (χ1) is 6.29. The molecular formula is C10H19N3. The number of hydrogen-bond donors (Lipinski definition) is 2. The average molecular weight is 181 g/mol. The predicted octanol–water partition coefficient (Wildman–Crippen LogP) is 1.26. The van der Waals surface area contributed by atoms with Crippen LogP contribution in [0.15, 0.2) is 4.99 Å². The monoisotopic (exact) mass is 181 g/mol. The van der Waals surface area contributed by atoms with Crippen LogP contribution in [0, 0.1) is 0 Å². The van der Waals surface area contributed by atoms with Crippen molar-refractivity contribution >= 4 is 5.96 Å². The Balaban J connectivity index is 1.90. The maximum absolute atomic E-state index is 4.37. The second kappa shape index (κ2) is 3.56. The van der Waals surface area contributed by atoms with Crippen LogP contribution < -0.4 is 10.6 Å². The zero-order chi connectivity index (χ0) is 9.15. The van der Waals surface area contributed by atoms with Crippen molar-refractivity contribution in [3.05, 3.63) is 0 Å². The average Bonchev–Trinajstić information content (AvgIpc) is 2.57. The molecule has 1 heterocycles. The van der Waals surface area contributed by atoms with Crippen molar-refractivity contribution < 1.29 is 0 Å². The van der Waals surface area contributed by atoms with Gasteiger partial charge >= 0.3 is 0 Å². The van der Waals surface area contributed by atoms with Crippen LogP contribution in [0.4, 0.5) is 0 Å². The lowest BCUT2D eigenvalue weighted by Crippen LogP contribution is -2.50. The Kier molecular flexibility index (Phi) is 2.42. The molecule has 0 aromatic rings. The highest BCUT2D eigenvalue weighted by atomic mass is 15.2. The van der Waals surface area contributed by atoms with E-state index in [2.05, 4.69) is 22.5 Å². The predicted molar refractivity (Wildman–Crippen MR) is 54.9 cm³/mol. The van der Waals surface area contributed by atoms with Crippen molar-refractivity contribution in [3.63, 3.8) is 0 Å². The topological polar surface area (TPSA) is 36.4 Å². The molecule has 1 saturated carbocycles. The third-order valence-electron chi connectivity index (χ3n) is 3.05. The van der Waals surface area contributed by atoms with E-state index in [9.17, 15) is 0 Å². The fourth-order valence-electron chi connectivity index (χ4n) is 2.22. The smallest absolute Gasteiger partial charge is 0.191 e. The second-order valence-corrected chi connectivity index (χ2v) is 4.40. The van der Waals surface area contributed by atoms with E-state index < -0.39 is 0 Å². The number of nitrogens with zero attached hydrogens (tertiary/aromatic N) is 1. The normalized spacial score (nSPS) is 26.4. The molecule has 2 aliphatic rings. The standard InChI is InChI=1S/C10H19N3/c1-10(5-3-2-4-6-10)13-9-11-7-8-12-9/h2-8H2,1H3,(H2,11,12,13). The zero-order valence-corrected chi connectivity index (χ0v) is 8.40. The van der Waals surface area contributed by atoms with Crippen LogP contribution in [-0.4, -0.2) is 24.6 Å². The van der Waals surface area contributed by atoms with Gasteiger partial charge in [0.2, 0.25) is 0 Å². The molecule has 1 fully saturated rings. The van der Waals surface area contributed by atoms with Crippen molar-refractivity contribution in [1.82, 2.24) is 10.6 Å². The van der Waals surface area contributed by atoms with Gasteiger partial charge in [-0.05, 0) is 19.8 Å². The minimum atomic E-state index is 0.300. The fourth-order valence-corrected chi connectivity index (χ4v) is 2.22. The molecule has 0 bridgehead atoms. The summed E-state index contributed by atoms with van der Waals surface area (Å²) in [6, 6.07) is 0. The molecule has 1 aliphatic carbocycles. The summed E-state index contributed by atoms with van der Waals surface area (Å²) in [6.07, 6.45) is 6.69. The summed E-state index contributed by atoms with van der Waals surface area (Å²) < 4.78 is 0. The van der Waals surface area contributed by atoms with Gasteiger partial charge in [0.1, 0.15) is 0 Å². The van der Waals surface area contributed by atoms with Gasteiger partial charge in [-0.25, -0.2) is 0 Å². The number of hydrogen-bond acceptors (Lipinski definition) is 3. The Morgan fingerprint density at radius 3 is 2.69 bits per heavy atom. The molecule has 0 amide bonds. The van der Waals surface area contributed by atoms with Crippen molar-refractivity contribution in [1.29, 1.82) is 0 Å². The van der Waals surface area contributed by atoms with E-state index in [1.54, 1.807) is 0 Å². The van der Waals surface area contributed by atoms with Gasteiger partial charge in [0.15, 0.2) is 5.96 Å². The van der Waals surface area contributed by atoms with Crippen molar-refractivity contribution in [2.75, 3.05) is 13.1 Å². The Hall–Kier alpha value is -0.730. The van der Waals surface area contributed by atoms with Crippen LogP contribution in [0.1, 0.15) is 39.0 Å². The van der Waals surface area contributed by atoms with E-state index >= 15 is 0 Å². The van der Waals surface area contributed by atoms with Gasteiger partial charge in [-0.2, -0.15) is 0 Å². The largest absolute Gasteiger partial charge is 0.355 e. The van der Waals surface area contributed by atoms with E-state index in [1.165, 1.54) is 32.1 Å². The molecule has 0 atom stereocenters. The molecule has 3 nitrogen and oxygen atoms in total. The number of nitrogens with one attached hydrogen (secondary N) is 2. The molecule has 0 aromatic carbocycles. The minimum Gasteiger partial charge on any atom is -0.355 e. The van der Waals surface area contributed by atoms with E-state index in [1.807, 2.05) is 0 Å². The van der Waals surface area contributed by atoms with Gasteiger partial charge in [0, 0.05) is 12.1 Å². The molecule has 0 spiro atoms. The third-order valence-corrected chi connectivity index (χ3v) is 3.05. The van der Waals surface area contributed by atoms with Gasteiger partial charge in [-0.3, -0.25) is 4.99 Å². The van der Waals surface area contributed by atoms with Crippen LogP contribution in [0.25, 0.3) is 0 Å². The van der Waals surface area contributed by atoms with Crippen molar-refractivity contribution in [2.45, 2.75) is 44.6 Å². The zero-order valence-electron chi connectivity index (χ0n) is 8.40. The van der Waals surface area contributed by atoms with Crippen molar-refractivity contribution in [3.8, 4) is 0 Å². The van der Waals surface area contributed by atoms with Gasteiger partial charge in [0.25, 0.3) is 0 Å². The maximum atomic E-state index is 4.37. The number of aliphatic imine (C=N–C) groups is 1. The lowest BCUT2D eigenvalue weighted by Gasteiger charge is -2.35. The number of guanidine groups is 1. The molecule has 1 aliphatic heterocycles. The summed E-state index contributed by atoms with van der Waals surface area (Å²) in [6.45, 7) is 4.24. The van der Waals surface area contributed by atoms with Crippen LogP contribution in [-0.2, 0) is 0 Å². The first-order valence-corrected chi connectivity index (χ1v) is 5.35. The van der Waals surface area contributed by atoms with E-state index in [4.69, 9.17) is 0 Å². The van der Waals surface area contributed by atoms with Crippen LogP contribution in [0.2, 0.25) is 0 Å². The molecule has 3 heteroatoms. The summed E-state index contributed by atoms with van der Waals surface area (Å²) >= 11 is 0. The molecule has 0 saturated heterocycles. The van der Waals surface area contributed by atoms with E-state index in [0.717, 1.165) is 19.0 Å². The summed E-state index contributed by atoms with van der Waals surface area (Å²) in [4.78, 5) is 4.37. The molecule has 0 radical (unpaired) electrons. The molecule has 2 rings (SSSR count). The molecule has 0 unspecified atom stereocenters. The highest BCUT2D eigenvalue weighted by Crippen LogP contribution is 2.27. The summed E-state index contributed by atoms with van der Waals surface area (Å²) in [7, 11) is 0. The summed E-state index contributed by atoms with van der Waals surface area (Å²) in [5, 5.41) is 6.80. The third kappa shape index (κ3) is 2.14. The Morgan fingerprint density at radius 2 is 2.08 bits per heavy atom. The van der Waals surface area contributed by atoms with Crippen LogP contribution >= 0.6 is 0 Å². The lowest BCUT2D eigenvalue weighted by atomic mass is 9.83. The minimum absolute atomic E-state index is 0.300. The van der Waals surface area contributed by atoms with Gasteiger partial charge < -0.3 is 10.6 Å². The maximum Gasteiger partial charge on any atom is 0.191 e. The lowest BCUT2D eigenvalue weighted by molar-refractivity contribution is 0.289. The Labute approximate surface area is 80.0 Å². The summed E-state index contributed by atoms with van der Waals surface area (Å²) in [5.74, 6) is 1.02. The summed E-state index contributed by atoms with van der Waals surface area (Å²) in [5.41, 5.74) is 0.300. The second-order valence-electron chi connectivity index (χ2n) is 4.40. The number of rotatable bonds is 1. The fraction of sp³-hybridized carbons (Fsp3) is 0.900. The van der Waals surface area contributed by atoms with Gasteiger partial charge in [-0.15, -0.1) is 0 Å². The van der Waals surface area contributed by atoms with Gasteiger partial charge in [0.05, 0.1) is 6.54 Å². The Morgan fingerprint density at radius 1 is 1.31 bits per heavy atom. The van der Waals surface area contributed by atoms with Crippen LogP contribution in [0.5, 0.6) is 0 Å². The quantitative estimate of drug-likeness (QED) is 0.639. The first kappa shape index (κ1) is 8.85.